The third kappa shape index (κ3) is 4.96. The van der Waals surface area contributed by atoms with Gasteiger partial charge in [0.15, 0.2) is 0 Å². The fourth-order valence-electron chi connectivity index (χ4n) is 4.82. The number of benzene rings is 1. The molecule has 2 aliphatic rings. The minimum absolute atomic E-state index is 0.362. The maximum atomic E-state index is 7.31. The Morgan fingerprint density at radius 2 is 1.70 bits per heavy atom. The number of alkyl halides is 1. The maximum Gasteiger partial charge on any atom is 0.116 e. The highest BCUT2D eigenvalue weighted by Gasteiger charge is 2.37. The summed E-state index contributed by atoms with van der Waals surface area (Å²) >= 11 is 7.31. The smallest absolute Gasteiger partial charge is 0.116 e. The summed E-state index contributed by atoms with van der Waals surface area (Å²) in [5.41, 5.74) is 4.37. The number of halogens is 1. The number of likely N-dealkylation sites (tertiary alicyclic amines) is 2. The van der Waals surface area contributed by atoms with Crippen molar-refractivity contribution in [2.24, 2.45) is 0 Å². The van der Waals surface area contributed by atoms with E-state index >= 15 is 0 Å². The topological polar surface area (TPSA) is 6.48 Å². The zero-order valence-corrected chi connectivity index (χ0v) is 18.3. The lowest BCUT2D eigenvalue weighted by Crippen LogP contribution is -2.49. The van der Waals surface area contributed by atoms with E-state index in [1.165, 1.54) is 61.8 Å². The molecular formula is C24H37ClN2. The molecule has 3 heteroatoms. The average Bonchev–Trinajstić information content (AvgIpc) is 2.73. The Kier molecular flexibility index (Phi) is 7.42. The first-order valence-electron chi connectivity index (χ1n) is 11.0. The van der Waals surface area contributed by atoms with Gasteiger partial charge in [-0.05, 0) is 63.6 Å². The van der Waals surface area contributed by atoms with Crippen molar-refractivity contribution in [3.63, 3.8) is 0 Å². The third-order valence-electron chi connectivity index (χ3n) is 6.71. The second-order valence-electron chi connectivity index (χ2n) is 8.51. The van der Waals surface area contributed by atoms with Crippen LogP contribution in [0.25, 0.3) is 0 Å². The quantitative estimate of drug-likeness (QED) is 0.317. The molecule has 27 heavy (non-hydrogen) atoms. The predicted octanol–water partition coefficient (Wildman–Crippen LogP) is 6.38. The number of rotatable bonds is 6. The van der Waals surface area contributed by atoms with Crippen LogP contribution in [0.1, 0.15) is 77.3 Å². The van der Waals surface area contributed by atoms with Gasteiger partial charge in [0.05, 0.1) is 0 Å². The minimum Gasteiger partial charge on any atom is -0.292 e. The Bertz CT molecular complexity index is 617. The van der Waals surface area contributed by atoms with Crippen molar-refractivity contribution >= 4 is 11.6 Å². The third-order valence-corrected chi connectivity index (χ3v) is 7.17. The van der Waals surface area contributed by atoms with E-state index in [2.05, 4.69) is 60.9 Å². The van der Waals surface area contributed by atoms with Gasteiger partial charge in [-0.1, -0.05) is 67.3 Å². The molecule has 0 aliphatic carbocycles. The monoisotopic (exact) mass is 388 g/mol. The summed E-state index contributed by atoms with van der Waals surface area (Å²) in [5.74, 6) is 0. The van der Waals surface area contributed by atoms with Gasteiger partial charge in [0.2, 0.25) is 0 Å². The van der Waals surface area contributed by atoms with Crippen LogP contribution in [-0.2, 0) is 0 Å². The van der Waals surface area contributed by atoms with E-state index in [-0.39, 0.29) is 5.00 Å². The molecule has 2 saturated heterocycles. The fraction of sp³-hybridized carbons (Fsp3) is 0.667. The van der Waals surface area contributed by atoms with Gasteiger partial charge < -0.3 is 0 Å². The van der Waals surface area contributed by atoms with E-state index in [4.69, 9.17) is 11.6 Å². The molecule has 2 heterocycles. The number of hydrogen-bond donors (Lipinski definition) is 0. The zero-order valence-electron chi connectivity index (χ0n) is 17.5. The zero-order chi connectivity index (χ0) is 19.3. The Morgan fingerprint density at radius 1 is 1.04 bits per heavy atom. The summed E-state index contributed by atoms with van der Waals surface area (Å²) in [6.45, 7) is 11.2. The van der Waals surface area contributed by atoms with Gasteiger partial charge in [0, 0.05) is 25.7 Å². The number of hydrogen-bond acceptors (Lipinski definition) is 2. The van der Waals surface area contributed by atoms with Gasteiger partial charge in [-0.25, -0.2) is 0 Å². The van der Waals surface area contributed by atoms with Crippen LogP contribution in [-0.4, -0.2) is 41.0 Å². The van der Waals surface area contributed by atoms with E-state index in [1.807, 2.05) is 0 Å². The molecule has 0 radical (unpaired) electrons. The molecule has 2 nitrogen and oxygen atoms in total. The Balaban J connectivity index is 1.85. The van der Waals surface area contributed by atoms with Gasteiger partial charge >= 0.3 is 0 Å². The van der Waals surface area contributed by atoms with Crippen LogP contribution < -0.4 is 0 Å². The van der Waals surface area contributed by atoms with E-state index < -0.39 is 0 Å². The molecule has 3 rings (SSSR count). The first-order valence-corrected chi connectivity index (χ1v) is 11.3. The molecule has 0 aromatic heterocycles. The van der Waals surface area contributed by atoms with Crippen molar-refractivity contribution in [3.8, 4) is 0 Å². The molecule has 0 bridgehead atoms. The molecule has 2 atom stereocenters. The summed E-state index contributed by atoms with van der Waals surface area (Å²) in [4.78, 5) is 4.85. The highest BCUT2D eigenvalue weighted by atomic mass is 35.5. The first-order chi connectivity index (χ1) is 13.0. The highest BCUT2D eigenvalue weighted by molar-refractivity contribution is 6.25. The van der Waals surface area contributed by atoms with Crippen molar-refractivity contribution in [1.29, 1.82) is 0 Å². The van der Waals surface area contributed by atoms with Crippen LogP contribution in [0.5, 0.6) is 0 Å². The molecule has 150 valence electrons. The van der Waals surface area contributed by atoms with Crippen molar-refractivity contribution < 1.29 is 0 Å². The lowest BCUT2D eigenvalue weighted by atomic mass is 9.91. The number of allylic oxidation sites excluding steroid dienone is 1. The van der Waals surface area contributed by atoms with Crippen molar-refractivity contribution in [1.82, 2.24) is 9.80 Å². The van der Waals surface area contributed by atoms with Crippen molar-refractivity contribution in [2.45, 2.75) is 76.8 Å². The lowest BCUT2D eigenvalue weighted by molar-refractivity contribution is 0.130. The highest BCUT2D eigenvalue weighted by Crippen LogP contribution is 2.38. The molecule has 2 fully saturated rings. The van der Waals surface area contributed by atoms with Crippen LogP contribution in [0.2, 0.25) is 0 Å². The molecule has 0 N–H and O–H groups in total. The first kappa shape index (κ1) is 20.9. The van der Waals surface area contributed by atoms with Crippen LogP contribution >= 0.6 is 11.6 Å². The average molecular weight is 389 g/mol. The predicted molar refractivity (Wildman–Crippen MR) is 117 cm³/mol. The van der Waals surface area contributed by atoms with Crippen LogP contribution in [0.15, 0.2) is 41.5 Å². The number of piperidine rings is 2. The van der Waals surface area contributed by atoms with E-state index in [0.717, 1.165) is 26.1 Å². The molecule has 0 saturated carbocycles. The summed E-state index contributed by atoms with van der Waals surface area (Å²) in [6, 6.07) is 11.6. The molecule has 0 spiro atoms. The standard InChI is InChI=1S/C24H37ClN2/c1-4-20(2)22(24(3,25)27-17-10-6-11-18-27)19-26-16-12-9-15-23(26)21-13-7-5-8-14-21/h5,7-8,13-14,23H,4,6,9-12,15-19H2,1-3H3. The van der Waals surface area contributed by atoms with E-state index in [1.54, 1.807) is 0 Å². The molecule has 1 aromatic rings. The van der Waals surface area contributed by atoms with Crippen LogP contribution in [0.4, 0.5) is 0 Å². The molecule has 2 unspecified atom stereocenters. The maximum absolute atomic E-state index is 7.31. The fourth-order valence-corrected chi connectivity index (χ4v) is 5.21. The number of nitrogens with zero attached hydrogens (tertiary/aromatic N) is 2. The molecule has 1 aromatic carbocycles. The summed E-state index contributed by atoms with van der Waals surface area (Å²) in [6.07, 6.45) is 8.85. The second kappa shape index (κ2) is 9.58. The minimum atomic E-state index is -0.362. The summed E-state index contributed by atoms with van der Waals surface area (Å²) in [5, 5.41) is 0. The van der Waals surface area contributed by atoms with Crippen LogP contribution in [0.3, 0.4) is 0 Å². The van der Waals surface area contributed by atoms with Gasteiger partial charge in [-0.3, -0.25) is 9.80 Å². The normalized spacial score (nSPS) is 25.7. The Hall–Kier alpha value is -0.830. The Morgan fingerprint density at radius 3 is 2.37 bits per heavy atom. The van der Waals surface area contributed by atoms with Gasteiger partial charge in [-0.2, -0.15) is 0 Å². The van der Waals surface area contributed by atoms with Gasteiger partial charge in [0.1, 0.15) is 5.00 Å². The molecule has 0 amide bonds. The summed E-state index contributed by atoms with van der Waals surface area (Å²) < 4.78 is 0. The molecule has 2 aliphatic heterocycles. The van der Waals surface area contributed by atoms with Gasteiger partial charge in [0.25, 0.3) is 0 Å². The van der Waals surface area contributed by atoms with Gasteiger partial charge in [-0.15, -0.1) is 0 Å². The molecular weight excluding hydrogens is 352 g/mol. The SMILES string of the molecule is CCC(C)=C(CN1CCCCC1c1ccccc1)C(C)(Cl)N1CCCCC1. The Labute approximate surface area is 171 Å². The lowest BCUT2D eigenvalue weighted by Gasteiger charge is -2.44. The largest absolute Gasteiger partial charge is 0.292 e. The van der Waals surface area contributed by atoms with E-state index in [9.17, 15) is 0 Å². The second-order valence-corrected chi connectivity index (χ2v) is 9.24. The van der Waals surface area contributed by atoms with Crippen molar-refractivity contribution in [2.75, 3.05) is 26.2 Å². The summed E-state index contributed by atoms with van der Waals surface area (Å²) in [7, 11) is 0. The van der Waals surface area contributed by atoms with Crippen LogP contribution in [0, 0.1) is 0 Å². The van der Waals surface area contributed by atoms with Crippen molar-refractivity contribution in [3.05, 3.63) is 47.0 Å². The van der Waals surface area contributed by atoms with E-state index in [0.29, 0.717) is 6.04 Å².